The molecule has 0 fully saturated rings. The zero-order valence-electron chi connectivity index (χ0n) is 6.74. The van der Waals surface area contributed by atoms with Crippen molar-refractivity contribution in [3.05, 3.63) is 0 Å². The maximum absolute atomic E-state index is 8.77. The quantitative estimate of drug-likeness (QED) is 0.274. The molecule has 0 aromatic rings. The summed E-state index contributed by atoms with van der Waals surface area (Å²) in [5, 5.41) is 0. The van der Waals surface area contributed by atoms with Crippen molar-refractivity contribution < 1.29 is 97.6 Å². The molecule has 0 aromatic heterocycles. The molecule has 0 aliphatic rings. The van der Waals surface area contributed by atoms with Gasteiger partial charge in [-0.3, -0.25) is 4.57 Å². The van der Waals surface area contributed by atoms with Crippen molar-refractivity contribution in [2.24, 2.45) is 0 Å². The SMILES string of the molecule is O=P([O-])(O)O.O=P([O-])([O-])[O-].[Na+].[Na+].[Pb+2]. The van der Waals surface area contributed by atoms with Crippen LogP contribution in [-0.2, 0) is 9.13 Å². The standard InChI is InChI=1S/2Na.2H3O4P.Pb/c;;2*1-5(2,3)4;/h;;2*(H3,1,2,3,4);/q2*+1;;;+2/p-4. The first-order chi connectivity index (χ1) is 4.00. The van der Waals surface area contributed by atoms with Crippen molar-refractivity contribution in [1.29, 1.82) is 0 Å². The molecule has 0 unspecified atom stereocenters. The van der Waals surface area contributed by atoms with Crippen molar-refractivity contribution >= 4 is 42.9 Å². The monoisotopic (exact) mass is 446 g/mol. The summed E-state index contributed by atoms with van der Waals surface area (Å²) >= 11 is 0. The third-order valence-corrected chi connectivity index (χ3v) is 0. The number of phosphoric acid groups is 2. The van der Waals surface area contributed by atoms with Crippen LogP contribution in [0, 0.1) is 0 Å². The van der Waals surface area contributed by atoms with Gasteiger partial charge in [0.05, 0.1) is 0 Å². The molecule has 0 atom stereocenters. The number of hydrogen-bond donors (Lipinski definition) is 2. The normalized spacial score (nSPS) is 9.08. The van der Waals surface area contributed by atoms with Gasteiger partial charge in [-0.05, 0) is 0 Å². The summed E-state index contributed by atoms with van der Waals surface area (Å²) < 4.78 is 17.3. The summed E-state index contributed by atoms with van der Waals surface area (Å²) in [6.07, 6.45) is 0. The molecule has 2 N–H and O–H groups in total. The van der Waals surface area contributed by atoms with Gasteiger partial charge in [0, 0.05) is 0 Å². The predicted octanol–water partition coefficient (Wildman–Crippen LogP) is -10.8. The van der Waals surface area contributed by atoms with Crippen LogP contribution in [0.25, 0.3) is 0 Å². The van der Waals surface area contributed by atoms with Crippen LogP contribution in [0.4, 0.5) is 0 Å². The average molecular weight is 445 g/mol. The largest absolute Gasteiger partial charge is 2.00 e. The van der Waals surface area contributed by atoms with E-state index in [9.17, 15) is 0 Å². The molecule has 0 amide bonds. The van der Waals surface area contributed by atoms with E-state index in [4.69, 9.17) is 38.5 Å². The minimum Gasteiger partial charge on any atom is -0.822 e. The molecule has 2 radical (unpaired) electrons. The van der Waals surface area contributed by atoms with Crippen LogP contribution in [0.1, 0.15) is 0 Å². The van der Waals surface area contributed by atoms with Gasteiger partial charge in [0.15, 0.2) is 0 Å². The minimum absolute atomic E-state index is 0. The Morgan fingerprint density at radius 2 is 0.846 bits per heavy atom. The second-order valence-corrected chi connectivity index (χ2v) is 2.81. The van der Waals surface area contributed by atoms with E-state index in [0.717, 1.165) is 0 Å². The van der Waals surface area contributed by atoms with E-state index < -0.39 is 15.6 Å². The molecule has 0 rings (SSSR count). The van der Waals surface area contributed by atoms with Crippen LogP contribution in [0.15, 0.2) is 0 Å². The fourth-order valence-electron chi connectivity index (χ4n) is 0. The van der Waals surface area contributed by atoms with Crippen molar-refractivity contribution in [1.82, 2.24) is 0 Å². The Balaban J connectivity index is -0.0000000267. The van der Waals surface area contributed by atoms with Crippen LogP contribution < -0.4 is 78.7 Å². The molecule has 13 heavy (non-hydrogen) atoms. The van der Waals surface area contributed by atoms with Crippen molar-refractivity contribution in [3.8, 4) is 0 Å². The Morgan fingerprint density at radius 1 is 0.846 bits per heavy atom. The van der Waals surface area contributed by atoms with Crippen LogP contribution >= 0.6 is 15.6 Å². The van der Waals surface area contributed by atoms with E-state index in [1.165, 1.54) is 0 Å². The first-order valence-corrected chi connectivity index (χ1v) is 4.49. The molecule has 13 heteroatoms. The zero-order chi connectivity index (χ0) is 9.00. The second kappa shape index (κ2) is 13.2. The Hall–Kier alpha value is 3.14. The number of rotatable bonds is 0. The first kappa shape index (κ1) is 29.8. The van der Waals surface area contributed by atoms with Crippen molar-refractivity contribution in [3.63, 3.8) is 0 Å². The van der Waals surface area contributed by atoms with Gasteiger partial charge >= 0.3 is 86.4 Å². The van der Waals surface area contributed by atoms with Crippen LogP contribution in [0.2, 0.25) is 0 Å². The van der Waals surface area contributed by atoms with E-state index in [1.807, 2.05) is 0 Å². The fraction of sp³-hybridized carbons (Fsp3) is 0. The molecule has 66 valence electrons. The van der Waals surface area contributed by atoms with Gasteiger partial charge in [-0.25, -0.2) is 0 Å². The van der Waals surface area contributed by atoms with Crippen molar-refractivity contribution in [2.45, 2.75) is 0 Å². The molecular formula is H2Na2O8P2Pb. The minimum atomic E-state index is -5.39. The zero-order valence-corrected chi connectivity index (χ0v) is 16.4. The van der Waals surface area contributed by atoms with Gasteiger partial charge in [-0.2, -0.15) is 7.82 Å². The van der Waals surface area contributed by atoms with Crippen LogP contribution in [0.5, 0.6) is 0 Å². The summed E-state index contributed by atoms with van der Waals surface area (Å²) in [5.74, 6) is 0. The third-order valence-electron chi connectivity index (χ3n) is 0. The Labute approximate surface area is 138 Å². The molecule has 0 saturated heterocycles. The van der Waals surface area contributed by atoms with E-state index >= 15 is 0 Å². The Bertz CT molecular complexity index is 132. The Kier molecular flexibility index (Phi) is 30.3. The third kappa shape index (κ3) is 265. The van der Waals surface area contributed by atoms with Gasteiger partial charge < -0.3 is 33.9 Å². The molecule has 0 aromatic carbocycles. The van der Waals surface area contributed by atoms with E-state index in [2.05, 4.69) is 0 Å². The summed E-state index contributed by atoms with van der Waals surface area (Å²) in [6.45, 7) is 0. The first-order valence-electron chi connectivity index (χ1n) is 1.50. The predicted molar refractivity (Wildman–Crippen MR) is 25.4 cm³/mol. The molecule has 8 nitrogen and oxygen atoms in total. The molecular weight excluding hydrogens is 443 g/mol. The maximum atomic E-state index is 8.77. The van der Waals surface area contributed by atoms with Crippen LogP contribution in [-0.4, -0.2) is 37.1 Å². The number of hydrogen-bond acceptors (Lipinski definition) is 6. The van der Waals surface area contributed by atoms with Gasteiger partial charge in [0.2, 0.25) is 0 Å². The second-order valence-electron chi connectivity index (χ2n) is 0.938. The smallest absolute Gasteiger partial charge is 0.822 e. The maximum Gasteiger partial charge on any atom is 2.00 e. The summed E-state index contributed by atoms with van der Waals surface area (Å²) in [6, 6.07) is 0. The molecule has 0 aliphatic heterocycles. The van der Waals surface area contributed by atoms with Gasteiger partial charge in [-0.15, -0.1) is 0 Å². The fourth-order valence-corrected chi connectivity index (χ4v) is 0. The van der Waals surface area contributed by atoms with Gasteiger partial charge in [-0.1, -0.05) is 0 Å². The van der Waals surface area contributed by atoms with E-state index in [1.54, 1.807) is 0 Å². The van der Waals surface area contributed by atoms with E-state index in [-0.39, 0.29) is 86.4 Å². The van der Waals surface area contributed by atoms with Gasteiger partial charge in [0.1, 0.15) is 0 Å². The Morgan fingerprint density at radius 3 is 0.846 bits per heavy atom. The summed E-state index contributed by atoms with van der Waals surface area (Å²) in [4.78, 5) is 48.6. The molecule has 0 aliphatic carbocycles. The van der Waals surface area contributed by atoms with Crippen LogP contribution in [0.3, 0.4) is 0 Å². The molecule has 0 spiro atoms. The summed E-state index contributed by atoms with van der Waals surface area (Å²) in [5.41, 5.74) is 0. The average Bonchev–Trinajstić information content (AvgIpc) is 1.12. The van der Waals surface area contributed by atoms with E-state index in [0.29, 0.717) is 0 Å². The van der Waals surface area contributed by atoms with Gasteiger partial charge in [0.25, 0.3) is 7.82 Å². The molecule has 0 heterocycles. The topological polar surface area (TPSA) is 167 Å². The van der Waals surface area contributed by atoms with Crippen molar-refractivity contribution in [2.75, 3.05) is 0 Å². The molecule has 0 bridgehead atoms. The molecule has 0 saturated carbocycles. The summed E-state index contributed by atoms with van der Waals surface area (Å²) in [7, 11) is -10.3.